The van der Waals surface area contributed by atoms with Gasteiger partial charge in [-0.1, -0.05) is 123 Å². The van der Waals surface area contributed by atoms with E-state index in [2.05, 4.69) is 97.7 Å². The van der Waals surface area contributed by atoms with E-state index in [1.54, 1.807) is 0 Å². The van der Waals surface area contributed by atoms with Gasteiger partial charge in [-0.3, -0.25) is 0 Å². The first-order valence-electron chi connectivity index (χ1n) is 15.7. The molecular weight excluding hydrogens is 560 g/mol. The first kappa shape index (κ1) is 26.5. The molecule has 9 rings (SSSR count). The van der Waals surface area contributed by atoms with Crippen LogP contribution in [-0.2, 0) is 5.41 Å². The number of fused-ring (bicyclic) bond motifs is 6. The highest BCUT2D eigenvalue weighted by atomic mass is 15.0. The van der Waals surface area contributed by atoms with E-state index in [0.717, 1.165) is 33.3 Å². The van der Waals surface area contributed by atoms with Gasteiger partial charge in [0, 0.05) is 43.9 Å². The predicted octanol–water partition coefficient (Wildman–Crippen LogP) is 10.5. The van der Waals surface area contributed by atoms with E-state index in [-0.39, 0.29) is 5.41 Å². The monoisotopic (exact) mass is 590 g/mol. The molecule has 0 amide bonds. The second-order valence-electron chi connectivity index (χ2n) is 12.6. The van der Waals surface area contributed by atoms with Crippen LogP contribution < -0.4 is 0 Å². The van der Waals surface area contributed by atoms with Gasteiger partial charge in [0.25, 0.3) is 0 Å². The van der Waals surface area contributed by atoms with Crippen molar-refractivity contribution in [3.05, 3.63) is 151 Å². The molecule has 0 radical (unpaired) electrons. The molecule has 6 aromatic carbocycles. The minimum atomic E-state index is -0.0290. The van der Waals surface area contributed by atoms with Gasteiger partial charge in [0.2, 0.25) is 0 Å². The van der Waals surface area contributed by atoms with Crippen molar-refractivity contribution in [2.45, 2.75) is 19.3 Å². The molecule has 218 valence electrons. The number of benzene rings is 6. The standard InChI is InChI=1S/C42H30N4/c1-42(2)35-19-10-9-18-31(35)32-24-34-33-23-29(20-21-37(33)43-38(34)25-36(32)42)28-16-11-17-30(22-28)41-45-39(26-12-5-3-6-13-26)44-40(46-41)27-14-7-4-8-15-27/h3-25,43H,1-2H3. The fourth-order valence-corrected chi connectivity index (χ4v) is 7.05. The van der Waals surface area contributed by atoms with E-state index >= 15 is 0 Å². The van der Waals surface area contributed by atoms with Crippen molar-refractivity contribution in [2.75, 3.05) is 0 Å². The molecule has 0 spiro atoms. The molecule has 2 heterocycles. The fraction of sp³-hybridized carbons (Fsp3) is 0.0714. The normalized spacial score (nSPS) is 13.2. The molecule has 0 aliphatic heterocycles. The van der Waals surface area contributed by atoms with Crippen LogP contribution in [0.1, 0.15) is 25.0 Å². The number of aromatic nitrogens is 4. The number of hydrogen-bond donors (Lipinski definition) is 1. The second kappa shape index (κ2) is 10.1. The van der Waals surface area contributed by atoms with Gasteiger partial charge >= 0.3 is 0 Å². The highest BCUT2D eigenvalue weighted by Gasteiger charge is 2.35. The SMILES string of the molecule is CC1(C)c2ccccc2-c2cc3c(cc21)[nH]c1ccc(-c2cccc(-c4nc(-c5ccccc5)nc(-c5ccccc5)n4)c2)cc13. The van der Waals surface area contributed by atoms with E-state index < -0.39 is 0 Å². The van der Waals surface area contributed by atoms with Crippen LogP contribution in [0, 0.1) is 0 Å². The summed E-state index contributed by atoms with van der Waals surface area (Å²) in [6.45, 7) is 4.66. The Morgan fingerprint density at radius 1 is 0.413 bits per heavy atom. The molecule has 2 aromatic heterocycles. The molecule has 0 fully saturated rings. The minimum absolute atomic E-state index is 0.0290. The lowest BCUT2D eigenvalue weighted by molar-refractivity contribution is 0.661. The molecule has 1 aliphatic rings. The molecule has 0 saturated heterocycles. The van der Waals surface area contributed by atoms with Gasteiger partial charge in [0.1, 0.15) is 0 Å². The third kappa shape index (κ3) is 4.18. The lowest BCUT2D eigenvalue weighted by Gasteiger charge is -2.21. The smallest absolute Gasteiger partial charge is 0.164 e. The van der Waals surface area contributed by atoms with E-state index in [0.29, 0.717) is 17.5 Å². The zero-order valence-corrected chi connectivity index (χ0v) is 25.6. The molecule has 46 heavy (non-hydrogen) atoms. The summed E-state index contributed by atoms with van der Waals surface area (Å²) in [5.74, 6) is 1.97. The Balaban J connectivity index is 1.17. The molecule has 1 aliphatic carbocycles. The van der Waals surface area contributed by atoms with Crippen molar-refractivity contribution in [2.24, 2.45) is 0 Å². The largest absolute Gasteiger partial charge is 0.355 e. The van der Waals surface area contributed by atoms with E-state index in [4.69, 9.17) is 15.0 Å². The summed E-state index contributed by atoms with van der Waals surface area (Å²) >= 11 is 0. The number of aromatic amines is 1. The van der Waals surface area contributed by atoms with E-state index in [1.807, 2.05) is 60.7 Å². The first-order chi connectivity index (χ1) is 22.5. The highest BCUT2D eigenvalue weighted by Crippen LogP contribution is 2.50. The average molecular weight is 591 g/mol. The zero-order valence-electron chi connectivity index (χ0n) is 25.6. The van der Waals surface area contributed by atoms with Crippen molar-refractivity contribution in [1.82, 2.24) is 19.9 Å². The van der Waals surface area contributed by atoms with Gasteiger partial charge in [0.05, 0.1) is 0 Å². The lowest BCUT2D eigenvalue weighted by Crippen LogP contribution is -2.14. The Labute approximate surface area is 267 Å². The fourth-order valence-electron chi connectivity index (χ4n) is 7.05. The maximum absolute atomic E-state index is 4.95. The van der Waals surface area contributed by atoms with E-state index in [1.165, 1.54) is 38.5 Å². The first-order valence-corrected chi connectivity index (χ1v) is 15.7. The maximum atomic E-state index is 4.95. The predicted molar refractivity (Wildman–Crippen MR) is 188 cm³/mol. The number of nitrogens with zero attached hydrogens (tertiary/aromatic N) is 3. The molecule has 0 unspecified atom stereocenters. The Hall–Kier alpha value is -5.87. The van der Waals surface area contributed by atoms with Crippen LogP contribution in [0.2, 0.25) is 0 Å². The van der Waals surface area contributed by atoms with Crippen molar-refractivity contribution >= 4 is 21.8 Å². The van der Waals surface area contributed by atoms with Crippen LogP contribution in [0.25, 0.3) is 78.2 Å². The quantitative estimate of drug-likeness (QED) is 0.222. The molecular formula is C42H30N4. The number of H-pyrrole nitrogens is 1. The van der Waals surface area contributed by atoms with Gasteiger partial charge in [-0.25, -0.2) is 15.0 Å². The Kier molecular flexibility index (Phi) is 5.81. The number of rotatable bonds is 4. The highest BCUT2D eigenvalue weighted by molar-refractivity contribution is 6.11. The molecule has 8 aromatic rings. The van der Waals surface area contributed by atoms with Gasteiger partial charge in [-0.2, -0.15) is 0 Å². The van der Waals surface area contributed by atoms with Crippen LogP contribution in [-0.4, -0.2) is 19.9 Å². The van der Waals surface area contributed by atoms with Crippen molar-refractivity contribution in [3.63, 3.8) is 0 Å². The molecule has 0 saturated carbocycles. The summed E-state index contributed by atoms with van der Waals surface area (Å²) < 4.78 is 0. The van der Waals surface area contributed by atoms with Crippen molar-refractivity contribution in [1.29, 1.82) is 0 Å². The summed E-state index contributed by atoms with van der Waals surface area (Å²) in [5, 5.41) is 2.47. The lowest BCUT2D eigenvalue weighted by atomic mass is 9.82. The second-order valence-corrected chi connectivity index (χ2v) is 12.6. The average Bonchev–Trinajstić information content (AvgIpc) is 3.59. The summed E-state index contributed by atoms with van der Waals surface area (Å²) in [6, 6.07) is 49.0. The van der Waals surface area contributed by atoms with Crippen LogP contribution in [0.4, 0.5) is 0 Å². The molecule has 4 heteroatoms. The van der Waals surface area contributed by atoms with Crippen LogP contribution >= 0.6 is 0 Å². The summed E-state index contributed by atoms with van der Waals surface area (Å²) in [6.07, 6.45) is 0. The van der Waals surface area contributed by atoms with Gasteiger partial charge in [-0.15, -0.1) is 0 Å². The molecule has 0 bridgehead atoms. The summed E-state index contributed by atoms with van der Waals surface area (Å²) in [7, 11) is 0. The van der Waals surface area contributed by atoms with Gasteiger partial charge < -0.3 is 4.98 Å². The van der Waals surface area contributed by atoms with E-state index in [9.17, 15) is 0 Å². The topological polar surface area (TPSA) is 54.5 Å². The third-order valence-electron chi connectivity index (χ3n) is 9.45. The number of hydrogen-bond acceptors (Lipinski definition) is 3. The Morgan fingerprint density at radius 3 is 1.70 bits per heavy atom. The van der Waals surface area contributed by atoms with Crippen molar-refractivity contribution in [3.8, 4) is 56.4 Å². The molecule has 0 atom stereocenters. The van der Waals surface area contributed by atoms with Crippen molar-refractivity contribution < 1.29 is 0 Å². The third-order valence-corrected chi connectivity index (χ3v) is 9.45. The summed E-state index contributed by atoms with van der Waals surface area (Å²) in [4.78, 5) is 18.5. The number of nitrogens with one attached hydrogen (secondary N) is 1. The van der Waals surface area contributed by atoms with Crippen LogP contribution in [0.5, 0.6) is 0 Å². The summed E-state index contributed by atoms with van der Waals surface area (Å²) in [5.41, 5.74) is 12.9. The molecule has 4 nitrogen and oxygen atoms in total. The Bertz CT molecular complexity index is 2380. The maximum Gasteiger partial charge on any atom is 0.164 e. The van der Waals surface area contributed by atoms with Crippen LogP contribution in [0.3, 0.4) is 0 Å². The van der Waals surface area contributed by atoms with Gasteiger partial charge in [0.15, 0.2) is 17.5 Å². The molecule has 1 N–H and O–H groups in total. The Morgan fingerprint density at radius 2 is 0.978 bits per heavy atom. The van der Waals surface area contributed by atoms with Gasteiger partial charge in [-0.05, 0) is 63.7 Å². The minimum Gasteiger partial charge on any atom is -0.355 e. The zero-order chi connectivity index (χ0) is 30.8. The van der Waals surface area contributed by atoms with Crippen LogP contribution in [0.15, 0.2) is 140 Å².